The summed E-state index contributed by atoms with van der Waals surface area (Å²) >= 11 is 0. The van der Waals surface area contributed by atoms with Gasteiger partial charge in [-0.25, -0.2) is 9.97 Å². The van der Waals surface area contributed by atoms with Crippen LogP contribution in [-0.2, 0) is 0 Å². The Morgan fingerprint density at radius 3 is 2.67 bits per heavy atom. The third-order valence-electron chi connectivity index (χ3n) is 2.70. The molecule has 0 saturated heterocycles. The van der Waals surface area contributed by atoms with Gasteiger partial charge in [-0.05, 0) is 25.1 Å². The molecule has 0 bridgehead atoms. The topological polar surface area (TPSA) is 56.0 Å². The smallest absolute Gasteiger partial charge is 0.248 e. The Morgan fingerprint density at radius 2 is 1.94 bits per heavy atom. The van der Waals surface area contributed by atoms with Gasteiger partial charge in [-0.1, -0.05) is 18.2 Å². The zero-order valence-corrected chi connectivity index (χ0v) is 9.75. The maximum atomic E-state index is 11.5. The molecule has 2 aromatic heterocycles. The number of hydrogen-bond acceptors (Lipinski definition) is 4. The number of ketones is 1. The molecule has 0 unspecified atom stereocenters. The van der Waals surface area contributed by atoms with Crippen LogP contribution in [0, 0.1) is 0 Å². The molecule has 4 nitrogen and oxygen atoms in total. The summed E-state index contributed by atoms with van der Waals surface area (Å²) in [4.78, 5) is 19.9. The van der Waals surface area contributed by atoms with Crippen molar-refractivity contribution >= 4 is 17.0 Å². The van der Waals surface area contributed by atoms with Crippen LogP contribution in [0.5, 0.6) is 0 Å². The van der Waals surface area contributed by atoms with Crippen molar-refractivity contribution in [2.75, 3.05) is 0 Å². The molecule has 0 fully saturated rings. The molecule has 0 saturated carbocycles. The summed E-state index contributed by atoms with van der Waals surface area (Å²) in [5, 5.41) is 0. The van der Waals surface area contributed by atoms with E-state index in [1.54, 1.807) is 12.3 Å². The maximum absolute atomic E-state index is 11.5. The summed E-state index contributed by atoms with van der Waals surface area (Å²) in [6.45, 7) is 1.51. The van der Waals surface area contributed by atoms with Gasteiger partial charge < -0.3 is 4.42 Å². The van der Waals surface area contributed by atoms with E-state index in [-0.39, 0.29) is 5.78 Å². The largest absolute Gasteiger partial charge is 0.418 e. The minimum atomic E-state index is -0.0460. The van der Waals surface area contributed by atoms with Crippen LogP contribution < -0.4 is 0 Å². The second kappa shape index (κ2) is 4.07. The molecule has 0 aliphatic rings. The highest BCUT2D eigenvalue weighted by Gasteiger charge is 2.14. The number of oxazole rings is 1. The number of rotatable bonds is 2. The van der Waals surface area contributed by atoms with Crippen molar-refractivity contribution in [2.45, 2.75) is 6.92 Å². The Kier molecular flexibility index (Phi) is 2.41. The number of Topliss-reactive ketones (excluding diaryl/α,β-unsaturated/α-hetero) is 1. The van der Waals surface area contributed by atoms with Crippen LogP contribution in [0.2, 0.25) is 0 Å². The standard InChI is InChI=1S/C14H10N2O2/c1-9(17)11-7-8-15-14-12(11)16-13(18-14)10-5-3-2-4-6-10/h2-8H,1H3. The van der Waals surface area contributed by atoms with Crippen molar-refractivity contribution in [1.29, 1.82) is 0 Å². The fourth-order valence-electron chi connectivity index (χ4n) is 1.82. The molecule has 88 valence electrons. The van der Waals surface area contributed by atoms with Crippen LogP contribution in [-0.4, -0.2) is 15.8 Å². The number of benzene rings is 1. The molecule has 0 aliphatic heterocycles. The number of pyridine rings is 1. The van der Waals surface area contributed by atoms with Gasteiger partial charge in [0.25, 0.3) is 0 Å². The van der Waals surface area contributed by atoms with Crippen LogP contribution >= 0.6 is 0 Å². The van der Waals surface area contributed by atoms with E-state index in [2.05, 4.69) is 9.97 Å². The molecule has 0 N–H and O–H groups in total. The number of hydrogen-bond donors (Lipinski definition) is 0. The third kappa shape index (κ3) is 1.68. The predicted octanol–water partition coefficient (Wildman–Crippen LogP) is 3.09. The minimum absolute atomic E-state index is 0.0460. The third-order valence-corrected chi connectivity index (χ3v) is 2.70. The van der Waals surface area contributed by atoms with E-state index in [9.17, 15) is 4.79 Å². The molecule has 3 rings (SSSR count). The highest BCUT2D eigenvalue weighted by Crippen LogP contribution is 2.24. The number of nitrogens with zero attached hydrogens (tertiary/aromatic N) is 2. The van der Waals surface area contributed by atoms with Crippen LogP contribution in [0.4, 0.5) is 0 Å². The van der Waals surface area contributed by atoms with Crippen molar-refractivity contribution < 1.29 is 9.21 Å². The SMILES string of the molecule is CC(=O)c1ccnc2oc(-c3ccccc3)nc12. The van der Waals surface area contributed by atoms with Crippen LogP contribution in [0.1, 0.15) is 17.3 Å². The average Bonchev–Trinajstić information content (AvgIpc) is 2.83. The molecule has 0 radical (unpaired) electrons. The first kappa shape index (κ1) is 10.7. The van der Waals surface area contributed by atoms with Crippen molar-refractivity contribution in [3.05, 3.63) is 48.2 Å². The molecule has 0 amide bonds. The quantitative estimate of drug-likeness (QED) is 0.644. The Labute approximate surface area is 103 Å². The van der Waals surface area contributed by atoms with Crippen LogP contribution in [0.15, 0.2) is 47.0 Å². The van der Waals surface area contributed by atoms with E-state index in [1.165, 1.54) is 6.92 Å². The minimum Gasteiger partial charge on any atom is -0.418 e. The Bertz CT molecular complexity index is 717. The second-order valence-corrected chi connectivity index (χ2v) is 3.95. The Morgan fingerprint density at radius 1 is 1.17 bits per heavy atom. The van der Waals surface area contributed by atoms with Gasteiger partial charge >= 0.3 is 0 Å². The van der Waals surface area contributed by atoms with Crippen molar-refractivity contribution in [3.8, 4) is 11.5 Å². The van der Waals surface area contributed by atoms with E-state index in [0.29, 0.717) is 22.7 Å². The summed E-state index contributed by atoms with van der Waals surface area (Å²) in [6.07, 6.45) is 1.55. The van der Waals surface area contributed by atoms with Gasteiger partial charge in [0, 0.05) is 11.8 Å². The lowest BCUT2D eigenvalue weighted by Crippen LogP contribution is -1.93. The van der Waals surface area contributed by atoms with E-state index < -0.39 is 0 Å². The zero-order chi connectivity index (χ0) is 12.5. The van der Waals surface area contributed by atoms with Crippen molar-refractivity contribution in [2.24, 2.45) is 0 Å². The molecule has 0 spiro atoms. The number of fused-ring (bicyclic) bond motifs is 1. The number of carbonyl (C=O) groups excluding carboxylic acids is 1. The van der Waals surface area contributed by atoms with Crippen molar-refractivity contribution in [1.82, 2.24) is 9.97 Å². The van der Waals surface area contributed by atoms with Gasteiger partial charge in [-0.2, -0.15) is 0 Å². The van der Waals surface area contributed by atoms with Crippen LogP contribution in [0.3, 0.4) is 0 Å². The lowest BCUT2D eigenvalue weighted by molar-refractivity contribution is 0.101. The highest BCUT2D eigenvalue weighted by molar-refractivity contribution is 6.03. The molecular formula is C14H10N2O2. The van der Waals surface area contributed by atoms with Crippen LogP contribution in [0.25, 0.3) is 22.7 Å². The molecule has 2 heterocycles. The van der Waals surface area contributed by atoms with Gasteiger partial charge in [0.2, 0.25) is 11.6 Å². The summed E-state index contributed by atoms with van der Waals surface area (Å²) in [6, 6.07) is 11.2. The molecule has 0 atom stereocenters. The van der Waals surface area contributed by atoms with Gasteiger partial charge in [0.15, 0.2) is 5.78 Å². The zero-order valence-electron chi connectivity index (χ0n) is 9.75. The molecular weight excluding hydrogens is 228 g/mol. The average molecular weight is 238 g/mol. The van der Waals surface area contributed by atoms with Gasteiger partial charge in [0.1, 0.15) is 5.52 Å². The fourth-order valence-corrected chi connectivity index (χ4v) is 1.82. The lowest BCUT2D eigenvalue weighted by Gasteiger charge is -1.92. The summed E-state index contributed by atoms with van der Waals surface area (Å²) in [5.41, 5.74) is 2.31. The highest BCUT2D eigenvalue weighted by atomic mass is 16.4. The van der Waals surface area contributed by atoms with Gasteiger partial charge in [0.05, 0.1) is 5.56 Å². The summed E-state index contributed by atoms with van der Waals surface area (Å²) in [5.74, 6) is 0.433. The van der Waals surface area contributed by atoms with E-state index in [4.69, 9.17) is 4.42 Å². The van der Waals surface area contributed by atoms with Gasteiger partial charge in [-0.15, -0.1) is 0 Å². The second-order valence-electron chi connectivity index (χ2n) is 3.95. The van der Waals surface area contributed by atoms with Gasteiger partial charge in [-0.3, -0.25) is 4.79 Å². The summed E-state index contributed by atoms with van der Waals surface area (Å²) < 4.78 is 5.57. The molecule has 3 aromatic rings. The summed E-state index contributed by atoms with van der Waals surface area (Å²) in [7, 11) is 0. The van der Waals surface area contributed by atoms with E-state index in [0.717, 1.165) is 5.56 Å². The first-order valence-electron chi connectivity index (χ1n) is 5.57. The lowest BCUT2D eigenvalue weighted by atomic mass is 10.2. The first-order valence-corrected chi connectivity index (χ1v) is 5.57. The molecule has 0 aliphatic carbocycles. The van der Waals surface area contributed by atoms with E-state index >= 15 is 0 Å². The van der Waals surface area contributed by atoms with E-state index in [1.807, 2.05) is 30.3 Å². The predicted molar refractivity (Wildman–Crippen MR) is 67.2 cm³/mol. The Hall–Kier alpha value is -2.49. The fraction of sp³-hybridized carbons (Fsp3) is 0.0714. The molecule has 1 aromatic carbocycles. The monoisotopic (exact) mass is 238 g/mol. The Balaban J connectivity index is 2.23. The number of aromatic nitrogens is 2. The first-order chi connectivity index (χ1) is 8.75. The maximum Gasteiger partial charge on any atom is 0.248 e. The normalized spacial score (nSPS) is 10.7. The van der Waals surface area contributed by atoms with Crippen molar-refractivity contribution in [3.63, 3.8) is 0 Å². The molecule has 4 heteroatoms. The molecule has 18 heavy (non-hydrogen) atoms. The number of carbonyl (C=O) groups is 1.